The van der Waals surface area contributed by atoms with Gasteiger partial charge in [-0.3, -0.25) is 9.59 Å². The van der Waals surface area contributed by atoms with E-state index in [4.69, 9.17) is 9.47 Å². The summed E-state index contributed by atoms with van der Waals surface area (Å²) in [6.45, 7) is 9.02. The largest absolute Gasteiger partial charge is 0.378 e. The molecule has 0 saturated carbocycles. The molecule has 0 aromatic rings. The molecule has 0 bridgehead atoms. The lowest BCUT2D eigenvalue weighted by Gasteiger charge is -2.47. The Labute approximate surface area is 144 Å². The number of rotatable bonds is 5. The molecule has 0 N–H and O–H groups in total. The fourth-order valence-electron chi connectivity index (χ4n) is 3.87. The standard InChI is InChI=1S/C18H30N2O4/c1-14(2)3-4-16(21)20-12-18(13-20)10-15(11-24-18)9-17(22)19-5-7-23-8-6-19/h14-15H,3-13H2,1-2H3. The van der Waals surface area contributed by atoms with Crippen molar-refractivity contribution in [2.24, 2.45) is 11.8 Å². The lowest BCUT2D eigenvalue weighted by molar-refractivity contribution is -0.158. The van der Waals surface area contributed by atoms with Gasteiger partial charge in [-0.05, 0) is 24.7 Å². The molecule has 2 amide bonds. The number of nitrogens with zero attached hydrogens (tertiary/aromatic N) is 2. The van der Waals surface area contributed by atoms with E-state index in [2.05, 4.69) is 13.8 Å². The summed E-state index contributed by atoms with van der Waals surface area (Å²) in [5, 5.41) is 0. The van der Waals surface area contributed by atoms with Crippen molar-refractivity contribution in [2.45, 2.75) is 45.1 Å². The second-order valence-electron chi connectivity index (χ2n) is 7.94. The zero-order valence-electron chi connectivity index (χ0n) is 15.0. The molecular formula is C18H30N2O4. The predicted octanol–water partition coefficient (Wildman–Crippen LogP) is 1.29. The second kappa shape index (κ2) is 7.40. The Morgan fingerprint density at radius 3 is 2.50 bits per heavy atom. The highest BCUT2D eigenvalue weighted by molar-refractivity contribution is 5.78. The second-order valence-corrected chi connectivity index (χ2v) is 7.94. The Morgan fingerprint density at radius 2 is 1.83 bits per heavy atom. The number of hydrogen-bond acceptors (Lipinski definition) is 4. The third kappa shape index (κ3) is 4.09. The molecule has 3 aliphatic heterocycles. The van der Waals surface area contributed by atoms with Crippen LogP contribution in [-0.4, -0.2) is 73.2 Å². The smallest absolute Gasteiger partial charge is 0.223 e. The average molecular weight is 338 g/mol. The first-order valence-electron chi connectivity index (χ1n) is 9.25. The van der Waals surface area contributed by atoms with E-state index in [0.29, 0.717) is 64.8 Å². The van der Waals surface area contributed by atoms with Gasteiger partial charge in [0.2, 0.25) is 11.8 Å². The molecule has 3 aliphatic rings. The van der Waals surface area contributed by atoms with E-state index in [0.717, 1.165) is 12.8 Å². The van der Waals surface area contributed by atoms with Gasteiger partial charge in [0.1, 0.15) is 5.60 Å². The molecule has 3 fully saturated rings. The van der Waals surface area contributed by atoms with E-state index >= 15 is 0 Å². The van der Waals surface area contributed by atoms with Gasteiger partial charge in [-0.25, -0.2) is 0 Å². The molecule has 3 heterocycles. The Bertz CT molecular complexity index is 468. The van der Waals surface area contributed by atoms with Gasteiger partial charge in [0.15, 0.2) is 0 Å². The number of amides is 2. The van der Waals surface area contributed by atoms with Gasteiger partial charge in [-0.2, -0.15) is 0 Å². The quantitative estimate of drug-likeness (QED) is 0.758. The molecule has 6 heteroatoms. The van der Waals surface area contributed by atoms with Crippen molar-refractivity contribution in [3.8, 4) is 0 Å². The molecule has 0 aliphatic carbocycles. The van der Waals surface area contributed by atoms with Crippen molar-refractivity contribution < 1.29 is 19.1 Å². The van der Waals surface area contributed by atoms with Crippen molar-refractivity contribution in [1.82, 2.24) is 9.80 Å². The molecule has 0 radical (unpaired) electrons. The molecule has 1 unspecified atom stereocenters. The SMILES string of the molecule is CC(C)CCC(=O)N1CC2(CC(CC(=O)N3CCOCC3)CO2)C1. The molecular weight excluding hydrogens is 308 g/mol. The van der Waals surface area contributed by atoms with Crippen molar-refractivity contribution >= 4 is 11.8 Å². The average Bonchev–Trinajstić information content (AvgIpc) is 2.96. The molecule has 0 aromatic heterocycles. The van der Waals surface area contributed by atoms with E-state index in [9.17, 15) is 9.59 Å². The molecule has 1 atom stereocenters. The summed E-state index contributed by atoms with van der Waals surface area (Å²) in [4.78, 5) is 28.3. The Kier molecular flexibility index (Phi) is 5.45. The number of ether oxygens (including phenoxy) is 2. The highest BCUT2D eigenvalue weighted by atomic mass is 16.5. The van der Waals surface area contributed by atoms with E-state index < -0.39 is 0 Å². The summed E-state index contributed by atoms with van der Waals surface area (Å²) in [6, 6.07) is 0. The van der Waals surface area contributed by atoms with E-state index in [-0.39, 0.29) is 23.3 Å². The van der Waals surface area contributed by atoms with E-state index in [1.54, 1.807) is 0 Å². The first-order chi connectivity index (χ1) is 11.5. The van der Waals surface area contributed by atoms with Crippen LogP contribution < -0.4 is 0 Å². The Balaban J connectivity index is 1.40. The number of carbonyl (C=O) groups is 2. The van der Waals surface area contributed by atoms with Crippen molar-refractivity contribution in [3.05, 3.63) is 0 Å². The molecule has 136 valence electrons. The van der Waals surface area contributed by atoms with Gasteiger partial charge in [0, 0.05) is 25.9 Å². The van der Waals surface area contributed by atoms with Crippen LogP contribution in [0.25, 0.3) is 0 Å². The van der Waals surface area contributed by atoms with Crippen molar-refractivity contribution in [3.63, 3.8) is 0 Å². The van der Waals surface area contributed by atoms with Crippen molar-refractivity contribution in [1.29, 1.82) is 0 Å². The first-order valence-corrected chi connectivity index (χ1v) is 9.25. The molecule has 3 rings (SSSR count). The summed E-state index contributed by atoms with van der Waals surface area (Å²) in [5.74, 6) is 1.30. The molecule has 3 saturated heterocycles. The minimum Gasteiger partial charge on any atom is -0.378 e. The third-order valence-corrected chi connectivity index (χ3v) is 5.36. The number of hydrogen-bond donors (Lipinski definition) is 0. The van der Waals surface area contributed by atoms with Crippen LogP contribution in [0.2, 0.25) is 0 Å². The Morgan fingerprint density at radius 1 is 1.12 bits per heavy atom. The highest BCUT2D eigenvalue weighted by Gasteiger charge is 2.51. The minimum absolute atomic E-state index is 0.177. The molecule has 0 aromatic carbocycles. The van der Waals surface area contributed by atoms with Gasteiger partial charge in [0.25, 0.3) is 0 Å². The van der Waals surface area contributed by atoms with Gasteiger partial charge < -0.3 is 19.3 Å². The fourth-order valence-corrected chi connectivity index (χ4v) is 3.87. The lowest BCUT2D eigenvalue weighted by atomic mass is 9.85. The van der Waals surface area contributed by atoms with E-state index in [1.165, 1.54) is 0 Å². The van der Waals surface area contributed by atoms with Crippen LogP contribution in [0.1, 0.15) is 39.5 Å². The summed E-state index contributed by atoms with van der Waals surface area (Å²) in [6.07, 6.45) is 3.03. The third-order valence-electron chi connectivity index (χ3n) is 5.36. The van der Waals surface area contributed by atoms with Crippen LogP contribution in [0, 0.1) is 11.8 Å². The fraction of sp³-hybridized carbons (Fsp3) is 0.889. The maximum Gasteiger partial charge on any atom is 0.223 e. The summed E-state index contributed by atoms with van der Waals surface area (Å²) >= 11 is 0. The predicted molar refractivity (Wildman–Crippen MR) is 89.5 cm³/mol. The Hall–Kier alpha value is -1.14. The van der Waals surface area contributed by atoms with Gasteiger partial charge in [-0.1, -0.05) is 13.8 Å². The molecule has 6 nitrogen and oxygen atoms in total. The number of likely N-dealkylation sites (tertiary alicyclic amines) is 1. The zero-order valence-corrected chi connectivity index (χ0v) is 15.0. The maximum atomic E-state index is 12.3. The number of carbonyl (C=O) groups excluding carboxylic acids is 2. The number of morpholine rings is 1. The van der Waals surface area contributed by atoms with Crippen LogP contribution in [0.5, 0.6) is 0 Å². The van der Waals surface area contributed by atoms with Crippen LogP contribution in [0.15, 0.2) is 0 Å². The van der Waals surface area contributed by atoms with Crippen LogP contribution in [0.4, 0.5) is 0 Å². The topological polar surface area (TPSA) is 59.1 Å². The zero-order chi connectivity index (χ0) is 17.2. The van der Waals surface area contributed by atoms with Crippen LogP contribution in [0.3, 0.4) is 0 Å². The van der Waals surface area contributed by atoms with Gasteiger partial charge >= 0.3 is 0 Å². The van der Waals surface area contributed by atoms with Crippen LogP contribution >= 0.6 is 0 Å². The van der Waals surface area contributed by atoms with Crippen molar-refractivity contribution in [2.75, 3.05) is 46.0 Å². The highest BCUT2D eigenvalue weighted by Crippen LogP contribution is 2.39. The first kappa shape index (κ1) is 17.7. The summed E-state index contributed by atoms with van der Waals surface area (Å²) in [5.41, 5.74) is -0.177. The molecule has 1 spiro atoms. The van der Waals surface area contributed by atoms with Gasteiger partial charge in [0.05, 0.1) is 32.9 Å². The minimum atomic E-state index is -0.177. The summed E-state index contributed by atoms with van der Waals surface area (Å²) in [7, 11) is 0. The normalized spacial score (nSPS) is 26.0. The maximum absolute atomic E-state index is 12.3. The molecule has 24 heavy (non-hydrogen) atoms. The lowest BCUT2D eigenvalue weighted by Crippen LogP contribution is -2.63. The summed E-state index contributed by atoms with van der Waals surface area (Å²) < 4.78 is 11.3. The van der Waals surface area contributed by atoms with Crippen LogP contribution in [-0.2, 0) is 19.1 Å². The van der Waals surface area contributed by atoms with E-state index in [1.807, 2.05) is 9.80 Å². The monoisotopic (exact) mass is 338 g/mol. The van der Waals surface area contributed by atoms with Gasteiger partial charge in [-0.15, -0.1) is 0 Å².